The maximum atomic E-state index is 13.0. The molecule has 0 radical (unpaired) electrons. The Hall–Kier alpha value is -1.28. The highest BCUT2D eigenvalue weighted by molar-refractivity contribution is 5.34. The Morgan fingerprint density at radius 1 is 0.923 bits per heavy atom. The molecular weight excluding hydrogens is 360 g/mol. The van der Waals surface area contributed by atoms with Crippen LogP contribution in [0.25, 0.3) is 0 Å². The van der Waals surface area contributed by atoms with Gasteiger partial charge >= 0.3 is 12.4 Å². The SMILES string of the molecule is C[C@H](O[C@@H]1CC[C@@H]2CNC[C@@H]2C1)c1cc(C(F)(F)F)cc(C(F)(F)F)c1. The van der Waals surface area contributed by atoms with E-state index < -0.39 is 29.6 Å². The molecule has 0 spiro atoms. The first kappa shape index (κ1) is 19.5. The van der Waals surface area contributed by atoms with Crippen LogP contribution in [0.1, 0.15) is 49.0 Å². The van der Waals surface area contributed by atoms with Gasteiger partial charge in [0.25, 0.3) is 0 Å². The van der Waals surface area contributed by atoms with Crippen LogP contribution in [0.3, 0.4) is 0 Å². The summed E-state index contributed by atoms with van der Waals surface area (Å²) in [6.45, 7) is 3.37. The molecule has 0 bridgehead atoms. The number of nitrogens with one attached hydrogen (secondary N) is 1. The van der Waals surface area contributed by atoms with Gasteiger partial charge in [0.15, 0.2) is 0 Å². The van der Waals surface area contributed by atoms with Gasteiger partial charge in [0.1, 0.15) is 0 Å². The second-order valence-electron chi connectivity index (χ2n) is 7.23. The van der Waals surface area contributed by atoms with E-state index in [0.29, 0.717) is 11.8 Å². The van der Waals surface area contributed by atoms with Crippen molar-refractivity contribution < 1.29 is 31.1 Å². The van der Waals surface area contributed by atoms with Crippen LogP contribution in [0.4, 0.5) is 26.3 Å². The normalized spacial score (nSPS) is 28.0. The topological polar surface area (TPSA) is 21.3 Å². The van der Waals surface area contributed by atoms with Gasteiger partial charge in [0, 0.05) is 0 Å². The molecule has 1 aliphatic carbocycles. The summed E-state index contributed by atoms with van der Waals surface area (Å²) >= 11 is 0. The van der Waals surface area contributed by atoms with Crippen LogP contribution in [0.15, 0.2) is 18.2 Å². The highest BCUT2D eigenvalue weighted by Crippen LogP contribution is 2.40. The van der Waals surface area contributed by atoms with Crippen LogP contribution < -0.4 is 5.32 Å². The molecule has 1 heterocycles. The Bertz CT molecular complexity index is 609. The van der Waals surface area contributed by atoms with E-state index >= 15 is 0 Å². The molecule has 0 aromatic heterocycles. The van der Waals surface area contributed by atoms with Crippen molar-refractivity contribution in [3.05, 3.63) is 34.9 Å². The minimum atomic E-state index is -4.84. The third kappa shape index (κ3) is 4.34. The van der Waals surface area contributed by atoms with Crippen LogP contribution in [0, 0.1) is 11.8 Å². The van der Waals surface area contributed by atoms with E-state index in [0.717, 1.165) is 44.5 Å². The molecule has 3 rings (SSSR count). The van der Waals surface area contributed by atoms with Crippen LogP contribution in [-0.4, -0.2) is 19.2 Å². The number of fused-ring (bicyclic) bond motifs is 1. The summed E-state index contributed by atoms with van der Waals surface area (Å²) in [6, 6.07) is 1.65. The van der Waals surface area contributed by atoms with Crippen molar-refractivity contribution in [2.45, 2.75) is 50.7 Å². The van der Waals surface area contributed by atoms with Crippen molar-refractivity contribution in [3.8, 4) is 0 Å². The third-order valence-electron chi connectivity index (χ3n) is 5.38. The number of alkyl halides is 6. The smallest absolute Gasteiger partial charge is 0.371 e. The minimum absolute atomic E-state index is 0.0983. The fraction of sp³-hybridized carbons (Fsp3) is 0.667. The predicted octanol–water partition coefficient (Wildman–Crippen LogP) is 5.19. The van der Waals surface area contributed by atoms with Crippen molar-refractivity contribution in [3.63, 3.8) is 0 Å². The van der Waals surface area contributed by atoms with Gasteiger partial charge in [-0.3, -0.25) is 0 Å². The maximum Gasteiger partial charge on any atom is 0.416 e. The first-order valence-electron chi connectivity index (χ1n) is 8.69. The van der Waals surface area contributed by atoms with Crippen molar-refractivity contribution in [1.29, 1.82) is 0 Å². The highest BCUT2D eigenvalue weighted by atomic mass is 19.4. The van der Waals surface area contributed by atoms with E-state index in [2.05, 4.69) is 5.32 Å². The highest BCUT2D eigenvalue weighted by Gasteiger charge is 2.38. The molecule has 1 aromatic carbocycles. The molecule has 146 valence electrons. The van der Waals surface area contributed by atoms with Crippen molar-refractivity contribution in [1.82, 2.24) is 5.32 Å². The van der Waals surface area contributed by atoms with Gasteiger partial charge < -0.3 is 10.1 Å². The van der Waals surface area contributed by atoms with Crippen LogP contribution in [-0.2, 0) is 17.1 Å². The van der Waals surface area contributed by atoms with E-state index in [4.69, 9.17) is 4.74 Å². The lowest BCUT2D eigenvalue weighted by Crippen LogP contribution is -2.29. The minimum Gasteiger partial charge on any atom is -0.371 e. The molecule has 0 amide bonds. The van der Waals surface area contributed by atoms with Crippen LogP contribution in [0.5, 0.6) is 0 Å². The van der Waals surface area contributed by atoms with E-state index in [1.807, 2.05) is 0 Å². The molecule has 2 fully saturated rings. The summed E-state index contributed by atoms with van der Waals surface area (Å²) in [5.74, 6) is 1.06. The van der Waals surface area contributed by atoms with Gasteiger partial charge in [-0.1, -0.05) is 0 Å². The number of halogens is 6. The Kier molecular flexibility index (Phi) is 5.27. The summed E-state index contributed by atoms with van der Waals surface area (Å²) in [6.07, 6.45) is -8.15. The third-order valence-corrected chi connectivity index (χ3v) is 5.38. The molecule has 0 unspecified atom stereocenters. The fourth-order valence-electron chi connectivity index (χ4n) is 3.96. The second-order valence-corrected chi connectivity index (χ2v) is 7.23. The average molecular weight is 381 g/mol. The molecule has 2 aliphatic rings. The summed E-state index contributed by atoms with van der Waals surface area (Å²) in [5.41, 5.74) is -2.71. The molecule has 26 heavy (non-hydrogen) atoms. The zero-order valence-corrected chi connectivity index (χ0v) is 14.3. The lowest BCUT2D eigenvalue weighted by molar-refractivity contribution is -0.143. The van der Waals surface area contributed by atoms with Crippen molar-refractivity contribution >= 4 is 0 Å². The standard InChI is InChI=1S/C18H21F6NO/c1-10(26-16-3-2-11-8-25-9-13(11)6-16)12-4-14(17(19,20)21)7-15(5-12)18(22,23)24/h4-5,7,10-11,13,16,25H,2-3,6,8-9H2,1H3/t10-,11+,13-,16+/m0/s1. The molecule has 1 aliphatic heterocycles. The summed E-state index contributed by atoms with van der Waals surface area (Å²) in [4.78, 5) is 0. The monoisotopic (exact) mass is 381 g/mol. The van der Waals surface area contributed by atoms with Crippen molar-refractivity contribution in [2.75, 3.05) is 13.1 Å². The molecule has 4 atom stereocenters. The van der Waals surface area contributed by atoms with Gasteiger partial charge in [-0.25, -0.2) is 0 Å². The zero-order valence-electron chi connectivity index (χ0n) is 14.3. The van der Waals surface area contributed by atoms with Crippen LogP contribution >= 0.6 is 0 Å². The zero-order chi connectivity index (χ0) is 19.1. The first-order valence-corrected chi connectivity index (χ1v) is 8.69. The first-order chi connectivity index (χ1) is 12.0. The van der Waals surface area contributed by atoms with Gasteiger partial charge in [0.05, 0.1) is 23.3 Å². The van der Waals surface area contributed by atoms with E-state index in [-0.39, 0.29) is 17.7 Å². The average Bonchev–Trinajstić information content (AvgIpc) is 3.00. The van der Waals surface area contributed by atoms with E-state index in [1.165, 1.54) is 6.92 Å². The molecule has 1 aromatic rings. The number of hydrogen-bond acceptors (Lipinski definition) is 2. The van der Waals surface area contributed by atoms with Crippen molar-refractivity contribution in [2.24, 2.45) is 11.8 Å². The number of ether oxygens (including phenoxy) is 1. The Balaban J connectivity index is 1.78. The van der Waals surface area contributed by atoms with E-state index in [1.54, 1.807) is 0 Å². The van der Waals surface area contributed by atoms with Gasteiger partial charge in [0.2, 0.25) is 0 Å². The lowest BCUT2D eigenvalue weighted by atomic mass is 9.80. The largest absolute Gasteiger partial charge is 0.416 e. The molecule has 2 nitrogen and oxygen atoms in total. The van der Waals surface area contributed by atoms with Gasteiger partial charge in [-0.2, -0.15) is 26.3 Å². The molecule has 8 heteroatoms. The molecule has 1 saturated carbocycles. The van der Waals surface area contributed by atoms with Crippen LogP contribution in [0.2, 0.25) is 0 Å². The Labute approximate surface area is 147 Å². The summed E-state index contributed by atoms with van der Waals surface area (Å²) in [7, 11) is 0. The molecular formula is C18H21F6NO. The molecule has 1 saturated heterocycles. The number of rotatable bonds is 3. The Morgan fingerprint density at radius 2 is 1.50 bits per heavy atom. The Morgan fingerprint density at radius 3 is 2.08 bits per heavy atom. The number of hydrogen-bond donors (Lipinski definition) is 1. The predicted molar refractivity (Wildman–Crippen MR) is 83.4 cm³/mol. The maximum absolute atomic E-state index is 13.0. The summed E-state index contributed by atoms with van der Waals surface area (Å²) in [5, 5.41) is 3.31. The number of benzene rings is 1. The second kappa shape index (κ2) is 7.03. The fourth-order valence-corrected chi connectivity index (χ4v) is 3.96. The summed E-state index contributed by atoms with van der Waals surface area (Å²) < 4.78 is 83.8. The molecule has 1 N–H and O–H groups in total. The van der Waals surface area contributed by atoms with E-state index in [9.17, 15) is 26.3 Å². The van der Waals surface area contributed by atoms with Gasteiger partial charge in [-0.05, 0) is 74.9 Å². The lowest BCUT2D eigenvalue weighted by Gasteiger charge is -2.33. The quantitative estimate of drug-likeness (QED) is 0.728. The van der Waals surface area contributed by atoms with Gasteiger partial charge in [-0.15, -0.1) is 0 Å².